The minimum absolute atomic E-state index is 0.157. The molecule has 11 heteroatoms. The van der Waals surface area contributed by atoms with Gasteiger partial charge >= 0.3 is 6.01 Å². The highest BCUT2D eigenvalue weighted by Crippen LogP contribution is 2.41. The number of ether oxygens (including phenoxy) is 1. The summed E-state index contributed by atoms with van der Waals surface area (Å²) in [6.07, 6.45) is 3.93. The molecule has 0 N–H and O–H groups in total. The van der Waals surface area contributed by atoms with Gasteiger partial charge in [-0.25, -0.2) is 4.39 Å². The van der Waals surface area contributed by atoms with Crippen LogP contribution in [-0.4, -0.2) is 89.3 Å². The predicted molar refractivity (Wildman–Crippen MR) is 165 cm³/mol. The average Bonchev–Trinajstić information content (AvgIpc) is 3.73. The number of thiophene rings is 1. The van der Waals surface area contributed by atoms with Crippen LogP contribution in [0.5, 0.6) is 6.01 Å². The van der Waals surface area contributed by atoms with Crippen molar-refractivity contribution in [3.05, 3.63) is 53.6 Å². The Morgan fingerprint density at radius 1 is 1.21 bits per heavy atom. The van der Waals surface area contributed by atoms with Crippen molar-refractivity contribution in [2.45, 2.75) is 56.4 Å². The fourth-order valence-corrected chi connectivity index (χ4v) is 8.47. The average molecular weight is 602 g/mol. The third-order valence-electron chi connectivity index (χ3n) is 9.62. The first-order chi connectivity index (χ1) is 21.0. The Bertz CT molecular complexity index is 1590. The summed E-state index contributed by atoms with van der Waals surface area (Å²) in [4.78, 5) is 31.0. The molecule has 9 nitrogen and oxygen atoms in total. The van der Waals surface area contributed by atoms with Crippen molar-refractivity contribution in [2.75, 3.05) is 55.7 Å². The zero-order valence-electron chi connectivity index (χ0n) is 24.3. The molecule has 1 aromatic carbocycles. The van der Waals surface area contributed by atoms with Crippen molar-refractivity contribution in [3.8, 4) is 12.1 Å². The van der Waals surface area contributed by atoms with Crippen molar-refractivity contribution in [3.63, 3.8) is 0 Å². The number of aromatic nitrogens is 2. The van der Waals surface area contributed by atoms with E-state index in [-0.39, 0.29) is 23.9 Å². The first-order valence-corrected chi connectivity index (χ1v) is 16.0. The second-order valence-corrected chi connectivity index (χ2v) is 13.0. The number of alkyl halides is 1. The fourth-order valence-electron chi connectivity index (χ4n) is 7.53. The highest BCUT2D eigenvalue weighted by molar-refractivity contribution is 7.17. The summed E-state index contributed by atoms with van der Waals surface area (Å²) >= 11 is 1.75. The molecule has 3 fully saturated rings. The van der Waals surface area contributed by atoms with Gasteiger partial charge in [0.25, 0.3) is 0 Å². The number of rotatable bonds is 7. The smallest absolute Gasteiger partial charge is 0.318 e. The zero-order valence-corrected chi connectivity index (χ0v) is 25.1. The van der Waals surface area contributed by atoms with Crippen molar-refractivity contribution < 1.29 is 13.9 Å². The predicted octanol–water partition coefficient (Wildman–Crippen LogP) is 4.33. The maximum atomic E-state index is 14.5. The Morgan fingerprint density at radius 3 is 2.98 bits per heavy atom. The van der Waals surface area contributed by atoms with Crippen LogP contribution < -0.4 is 14.5 Å². The monoisotopic (exact) mass is 601 g/mol. The third-order valence-corrected chi connectivity index (χ3v) is 10.6. The molecule has 2 aromatic heterocycles. The van der Waals surface area contributed by atoms with E-state index in [1.54, 1.807) is 16.2 Å². The molecular weight excluding hydrogens is 565 g/mol. The Kier molecular flexibility index (Phi) is 7.43. The highest BCUT2D eigenvalue weighted by atomic mass is 32.1. The van der Waals surface area contributed by atoms with Crippen molar-refractivity contribution >= 4 is 38.8 Å². The van der Waals surface area contributed by atoms with E-state index in [0.717, 1.165) is 49.4 Å². The molecular formula is C32H36FN7O2S. The summed E-state index contributed by atoms with van der Waals surface area (Å²) < 4.78 is 22.1. The number of hydrogen-bond acceptors (Lipinski definition) is 9. The van der Waals surface area contributed by atoms with Gasteiger partial charge in [-0.3, -0.25) is 9.69 Å². The first kappa shape index (κ1) is 28.0. The van der Waals surface area contributed by atoms with Crippen LogP contribution >= 0.6 is 11.3 Å². The minimum atomic E-state index is -0.830. The number of halogens is 1. The van der Waals surface area contributed by atoms with E-state index in [2.05, 4.69) is 57.0 Å². The highest BCUT2D eigenvalue weighted by Gasteiger charge is 2.49. The van der Waals surface area contributed by atoms with Gasteiger partial charge in [-0.2, -0.15) is 15.2 Å². The molecule has 4 aliphatic rings. The SMILES string of the molecule is C=CC(=O)N1CCN(c2nc(OCC34CCCN3C[C@H](F)C4)nc3c2CCN(c2cccc4ccsc24)C3)C[C@@H]1CC#N. The second kappa shape index (κ2) is 11.4. The minimum Gasteiger partial charge on any atom is -0.461 e. The van der Waals surface area contributed by atoms with Gasteiger partial charge in [0.1, 0.15) is 18.6 Å². The number of piperazine rings is 1. The number of benzene rings is 1. The van der Waals surface area contributed by atoms with E-state index in [9.17, 15) is 14.4 Å². The Labute approximate surface area is 255 Å². The van der Waals surface area contributed by atoms with E-state index in [4.69, 9.17) is 14.7 Å². The molecule has 43 heavy (non-hydrogen) atoms. The van der Waals surface area contributed by atoms with E-state index >= 15 is 0 Å². The van der Waals surface area contributed by atoms with Crippen molar-refractivity contribution in [2.24, 2.45) is 0 Å². The van der Waals surface area contributed by atoms with Gasteiger partial charge in [-0.1, -0.05) is 18.7 Å². The number of carbonyl (C=O) groups excluding carboxylic acids is 1. The molecule has 4 aliphatic heterocycles. The van der Waals surface area contributed by atoms with Crippen LogP contribution in [0.25, 0.3) is 10.1 Å². The standard InChI is InChI=1S/C32H36FN7O2S/c1-2-28(41)40-15-14-38(19-24(40)7-11-34)30-25-8-13-37(27-6-3-5-22-9-16-43-29(22)27)20-26(25)35-31(36-30)42-21-32-10-4-12-39(32)18-23(33)17-32/h2-3,5-6,9,16,23-24H,1,4,7-8,10,12-15,17-21H2/t23-,24+,32?/m1/s1. The van der Waals surface area contributed by atoms with Crippen LogP contribution in [0.4, 0.5) is 15.9 Å². The summed E-state index contributed by atoms with van der Waals surface area (Å²) in [5.41, 5.74) is 2.92. The topological polar surface area (TPSA) is 88.8 Å². The van der Waals surface area contributed by atoms with E-state index in [1.165, 1.54) is 21.8 Å². The molecule has 7 rings (SSSR count). The Balaban J connectivity index is 1.21. The lowest BCUT2D eigenvalue weighted by Crippen LogP contribution is -2.55. The molecule has 0 aliphatic carbocycles. The lowest BCUT2D eigenvalue weighted by Gasteiger charge is -2.42. The van der Waals surface area contributed by atoms with Gasteiger partial charge in [0.2, 0.25) is 5.91 Å². The molecule has 0 bridgehead atoms. The maximum Gasteiger partial charge on any atom is 0.318 e. The van der Waals surface area contributed by atoms with Crippen LogP contribution in [0, 0.1) is 11.3 Å². The Hall–Kier alpha value is -3.75. The molecule has 224 valence electrons. The lowest BCUT2D eigenvalue weighted by molar-refractivity contribution is -0.128. The van der Waals surface area contributed by atoms with Crippen LogP contribution in [0.15, 0.2) is 42.3 Å². The molecule has 6 heterocycles. The number of fused-ring (bicyclic) bond motifs is 3. The molecule has 3 atom stereocenters. The summed E-state index contributed by atoms with van der Waals surface area (Å²) in [6, 6.07) is 10.9. The van der Waals surface area contributed by atoms with Crippen LogP contribution in [0.1, 0.15) is 36.9 Å². The molecule has 3 aromatic rings. The third kappa shape index (κ3) is 5.10. The van der Waals surface area contributed by atoms with Gasteiger partial charge in [0, 0.05) is 44.7 Å². The number of anilines is 2. The summed E-state index contributed by atoms with van der Waals surface area (Å²) in [5, 5.41) is 12.9. The van der Waals surface area contributed by atoms with Crippen molar-refractivity contribution in [1.82, 2.24) is 19.8 Å². The largest absolute Gasteiger partial charge is 0.461 e. The van der Waals surface area contributed by atoms with Gasteiger partial charge in [0.15, 0.2) is 0 Å². The molecule has 3 saturated heterocycles. The number of carbonyl (C=O) groups is 1. The zero-order chi connectivity index (χ0) is 29.6. The maximum absolute atomic E-state index is 14.5. The number of amides is 1. The second-order valence-electron chi connectivity index (χ2n) is 12.1. The van der Waals surface area contributed by atoms with E-state index < -0.39 is 6.17 Å². The lowest BCUT2D eigenvalue weighted by atomic mass is 9.95. The molecule has 1 amide bonds. The van der Waals surface area contributed by atoms with Gasteiger partial charge in [-0.05, 0) is 54.8 Å². The van der Waals surface area contributed by atoms with Gasteiger partial charge in [0.05, 0.1) is 46.7 Å². The first-order valence-electron chi connectivity index (χ1n) is 15.2. The summed E-state index contributed by atoms with van der Waals surface area (Å²) in [5.74, 6) is 0.660. The summed E-state index contributed by atoms with van der Waals surface area (Å²) in [7, 11) is 0. The van der Waals surface area contributed by atoms with Crippen LogP contribution in [-0.2, 0) is 17.8 Å². The summed E-state index contributed by atoms with van der Waals surface area (Å²) in [6.45, 7) is 8.40. The number of nitriles is 1. The van der Waals surface area contributed by atoms with E-state index in [1.807, 2.05) is 0 Å². The molecule has 0 spiro atoms. The fraction of sp³-hybridized carbons (Fsp3) is 0.500. The van der Waals surface area contributed by atoms with Crippen LogP contribution in [0.2, 0.25) is 0 Å². The Morgan fingerprint density at radius 2 is 2.12 bits per heavy atom. The van der Waals surface area contributed by atoms with Gasteiger partial charge < -0.3 is 19.4 Å². The normalized spacial score (nSPS) is 25.4. The number of hydrogen-bond donors (Lipinski definition) is 0. The molecule has 1 unspecified atom stereocenters. The molecule has 0 saturated carbocycles. The number of nitrogens with zero attached hydrogens (tertiary/aromatic N) is 7. The quantitative estimate of drug-likeness (QED) is 0.370. The van der Waals surface area contributed by atoms with Gasteiger partial charge in [-0.15, -0.1) is 11.3 Å². The van der Waals surface area contributed by atoms with E-state index in [0.29, 0.717) is 51.8 Å². The van der Waals surface area contributed by atoms with Crippen LogP contribution in [0.3, 0.4) is 0 Å². The van der Waals surface area contributed by atoms with Crippen molar-refractivity contribution in [1.29, 1.82) is 5.26 Å². The molecule has 0 radical (unpaired) electrons.